The Morgan fingerprint density at radius 1 is 1.38 bits per heavy atom. The molecule has 1 rings (SSSR count). The van der Waals surface area contributed by atoms with Crippen molar-refractivity contribution in [3.05, 3.63) is 18.2 Å². The fraction of sp³-hybridized carbons (Fsp3) is 0.769. The summed E-state index contributed by atoms with van der Waals surface area (Å²) < 4.78 is 0. The molecule has 0 aliphatic carbocycles. The maximum absolute atomic E-state index is 4.01. The predicted molar refractivity (Wildman–Crippen MR) is 68.5 cm³/mol. The first-order valence-electron chi connectivity index (χ1n) is 6.36. The van der Waals surface area contributed by atoms with Crippen LogP contribution in [0.4, 0.5) is 0 Å². The van der Waals surface area contributed by atoms with E-state index in [-0.39, 0.29) is 5.54 Å². The lowest BCUT2D eigenvalue weighted by Gasteiger charge is -2.26. The van der Waals surface area contributed by atoms with Gasteiger partial charge >= 0.3 is 0 Å². The van der Waals surface area contributed by atoms with Crippen molar-refractivity contribution in [3.63, 3.8) is 0 Å². The number of aromatic amines is 1. The highest BCUT2D eigenvalue weighted by atomic mass is 15.0. The molecule has 16 heavy (non-hydrogen) atoms. The SMILES string of the molecule is CCCCCC(C)(C)NCCc1cnc[nH]1. The summed E-state index contributed by atoms with van der Waals surface area (Å²) in [5.74, 6) is 0. The maximum atomic E-state index is 4.01. The molecule has 0 saturated carbocycles. The second-order valence-electron chi connectivity index (χ2n) is 5.09. The van der Waals surface area contributed by atoms with E-state index < -0.39 is 0 Å². The van der Waals surface area contributed by atoms with Crippen molar-refractivity contribution in [1.29, 1.82) is 0 Å². The second-order valence-corrected chi connectivity index (χ2v) is 5.09. The second kappa shape index (κ2) is 6.69. The van der Waals surface area contributed by atoms with Gasteiger partial charge in [-0.2, -0.15) is 0 Å². The van der Waals surface area contributed by atoms with Crippen LogP contribution in [0.25, 0.3) is 0 Å². The zero-order valence-electron chi connectivity index (χ0n) is 10.8. The monoisotopic (exact) mass is 223 g/mol. The molecule has 1 aromatic heterocycles. The molecule has 0 bridgehead atoms. The van der Waals surface area contributed by atoms with Crippen LogP contribution in [-0.2, 0) is 6.42 Å². The molecule has 0 atom stereocenters. The molecule has 0 aromatic carbocycles. The number of aromatic nitrogens is 2. The topological polar surface area (TPSA) is 40.7 Å². The van der Waals surface area contributed by atoms with Gasteiger partial charge in [0.1, 0.15) is 0 Å². The Kier molecular flexibility index (Phi) is 5.53. The fourth-order valence-corrected chi connectivity index (χ4v) is 1.86. The lowest BCUT2D eigenvalue weighted by Crippen LogP contribution is -2.40. The van der Waals surface area contributed by atoms with E-state index in [1.165, 1.54) is 31.4 Å². The predicted octanol–water partition coefficient (Wildman–Crippen LogP) is 2.90. The molecule has 0 amide bonds. The van der Waals surface area contributed by atoms with Gasteiger partial charge in [0.15, 0.2) is 0 Å². The first kappa shape index (κ1) is 13.2. The van der Waals surface area contributed by atoms with Crippen molar-refractivity contribution in [2.75, 3.05) is 6.54 Å². The lowest BCUT2D eigenvalue weighted by molar-refractivity contribution is 0.351. The molecule has 2 N–H and O–H groups in total. The number of H-pyrrole nitrogens is 1. The summed E-state index contributed by atoms with van der Waals surface area (Å²) in [7, 11) is 0. The van der Waals surface area contributed by atoms with E-state index in [0.717, 1.165) is 13.0 Å². The van der Waals surface area contributed by atoms with Crippen molar-refractivity contribution in [3.8, 4) is 0 Å². The number of nitrogens with zero attached hydrogens (tertiary/aromatic N) is 1. The average molecular weight is 223 g/mol. The third-order valence-electron chi connectivity index (χ3n) is 2.96. The molecule has 0 saturated heterocycles. The molecule has 0 unspecified atom stereocenters. The van der Waals surface area contributed by atoms with E-state index in [9.17, 15) is 0 Å². The summed E-state index contributed by atoms with van der Waals surface area (Å²) in [6.45, 7) is 7.84. The van der Waals surface area contributed by atoms with Gasteiger partial charge < -0.3 is 10.3 Å². The summed E-state index contributed by atoms with van der Waals surface area (Å²) in [6.07, 6.45) is 9.87. The Balaban J connectivity index is 2.14. The van der Waals surface area contributed by atoms with Crippen LogP contribution in [0.3, 0.4) is 0 Å². The Morgan fingerprint density at radius 2 is 2.19 bits per heavy atom. The maximum Gasteiger partial charge on any atom is 0.0921 e. The van der Waals surface area contributed by atoms with Gasteiger partial charge in [-0.05, 0) is 20.3 Å². The number of hydrogen-bond acceptors (Lipinski definition) is 2. The highest BCUT2D eigenvalue weighted by molar-refractivity contribution is 4.95. The molecule has 92 valence electrons. The average Bonchev–Trinajstić information content (AvgIpc) is 2.70. The highest BCUT2D eigenvalue weighted by Crippen LogP contribution is 2.13. The summed E-state index contributed by atoms with van der Waals surface area (Å²) in [4.78, 5) is 7.14. The van der Waals surface area contributed by atoms with Crippen LogP contribution in [0, 0.1) is 0 Å². The van der Waals surface area contributed by atoms with Gasteiger partial charge in [-0.1, -0.05) is 26.2 Å². The van der Waals surface area contributed by atoms with Gasteiger partial charge in [0, 0.05) is 30.4 Å². The summed E-state index contributed by atoms with van der Waals surface area (Å²) >= 11 is 0. The van der Waals surface area contributed by atoms with Crippen molar-refractivity contribution in [2.45, 2.75) is 58.4 Å². The Labute approximate surface area is 99.1 Å². The van der Waals surface area contributed by atoms with Gasteiger partial charge in [0.05, 0.1) is 6.33 Å². The van der Waals surface area contributed by atoms with Crippen LogP contribution in [-0.4, -0.2) is 22.1 Å². The van der Waals surface area contributed by atoms with Gasteiger partial charge in [-0.25, -0.2) is 4.98 Å². The third kappa shape index (κ3) is 5.31. The van der Waals surface area contributed by atoms with E-state index in [2.05, 4.69) is 36.1 Å². The van der Waals surface area contributed by atoms with E-state index in [0.29, 0.717) is 0 Å². The lowest BCUT2D eigenvalue weighted by atomic mass is 9.96. The van der Waals surface area contributed by atoms with Crippen LogP contribution in [0.2, 0.25) is 0 Å². The molecule has 1 aromatic rings. The molecule has 0 spiro atoms. The van der Waals surface area contributed by atoms with Gasteiger partial charge in [-0.15, -0.1) is 0 Å². The van der Waals surface area contributed by atoms with E-state index in [1.54, 1.807) is 6.33 Å². The number of rotatable bonds is 8. The quantitative estimate of drug-likeness (QED) is 0.665. The number of hydrogen-bond donors (Lipinski definition) is 2. The first-order valence-corrected chi connectivity index (χ1v) is 6.36. The van der Waals surface area contributed by atoms with Gasteiger partial charge in [0.2, 0.25) is 0 Å². The van der Waals surface area contributed by atoms with Crippen molar-refractivity contribution in [1.82, 2.24) is 15.3 Å². The highest BCUT2D eigenvalue weighted by Gasteiger charge is 2.15. The van der Waals surface area contributed by atoms with Crippen LogP contribution in [0.15, 0.2) is 12.5 Å². The minimum atomic E-state index is 0.259. The first-order chi connectivity index (χ1) is 7.64. The van der Waals surface area contributed by atoms with E-state index in [1.807, 2.05) is 6.20 Å². The fourth-order valence-electron chi connectivity index (χ4n) is 1.86. The Morgan fingerprint density at radius 3 is 2.81 bits per heavy atom. The minimum Gasteiger partial charge on any atom is -0.348 e. The van der Waals surface area contributed by atoms with Crippen LogP contribution >= 0.6 is 0 Å². The zero-order chi connectivity index (χ0) is 11.9. The van der Waals surface area contributed by atoms with Crippen LogP contribution < -0.4 is 5.32 Å². The van der Waals surface area contributed by atoms with Crippen LogP contribution in [0.5, 0.6) is 0 Å². The Bertz CT molecular complexity index is 265. The molecule has 0 radical (unpaired) electrons. The molecular weight excluding hydrogens is 198 g/mol. The van der Waals surface area contributed by atoms with Gasteiger partial charge in [0.25, 0.3) is 0 Å². The normalized spacial score (nSPS) is 11.9. The van der Waals surface area contributed by atoms with Crippen molar-refractivity contribution in [2.24, 2.45) is 0 Å². The molecular formula is C13H25N3. The minimum absolute atomic E-state index is 0.259. The smallest absolute Gasteiger partial charge is 0.0921 e. The van der Waals surface area contributed by atoms with Crippen LogP contribution in [0.1, 0.15) is 52.1 Å². The third-order valence-corrected chi connectivity index (χ3v) is 2.96. The molecule has 1 heterocycles. The van der Waals surface area contributed by atoms with Crippen molar-refractivity contribution >= 4 is 0 Å². The molecule has 3 heteroatoms. The molecule has 3 nitrogen and oxygen atoms in total. The largest absolute Gasteiger partial charge is 0.348 e. The zero-order valence-corrected chi connectivity index (χ0v) is 10.8. The van der Waals surface area contributed by atoms with E-state index in [4.69, 9.17) is 0 Å². The summed E-state index contributed by atoms with van der Waals surface area (Å²) in [5.41, 5.74) is 1.46. The Hall–Kier alpha value is -0.830. The standard InChI is InChI=1S/C13H25N3/c1-4-5-6-8-13(2,3)16-9-7-12-10-14-11-15-12/h10-11,16H,4-9H2,1-3H3,(H,14,15). The molecule has 0 fully saturated rings. The summed E-state index contributed by atoms with van der Waals surface area (Å²) in [6, 6.07) is 0. The van der Waals surface area contributed by atoms with Gasteiger partial charge in [-0.3, -0.25) is 0 Å². The number of nitrogens with one attached hydrogen (secondary N) is 2. The summed E-state index contributed by atoms with van der Waals surface area (Å²) in [5, 5.41) is 3.61. The number of unbranched alkanes of at least 4 members (excludes halogenated alkanes) is 2. The molecule has 0 aliphatic heterocycles. The number of imidazole rings is 1. The van der Waals surface area contributed by atoms with E-state index >= 15 is 0 Å². The van der Waals surface area contributed by atoms with Crippen molar-refractivity contribution < 1.29 is 0 Å². The molecule has 0 aliphatic rings.